The molecule has 112 valence electrons. The molecule has 2 N–H and O–H groups in total. The molecule has 0 amide bonds. The number of benzene rings is 1. The maximum absolute atomic E-state index is 11.8. The summed E-state index contributed by atoms with van der Waals surface area (Å²) in [6.07, 6.45) is 1.52. The first-order valence-electron chi connectivity index (χ1n) is 6.51. The Morgan fingerprint density at radius 1 is 1.14 bits per heavy atom. The summed E-state index contributed by atoms with van der Waals surface area (Å²) in [7, 11) is -3.30. The third-order valence-corrected chi connectivity index (χ3v) is 4.89. The van der Waals surface area contributed by atoms with E-state index in [-0.39, 0.29) is 12.3 Å². The van der Waals surface area contributed by atoms with Gasteiger partial charge in [0.25, 0.3) is 0 Å². The number of rotatable bonds is 8. The molecular weight excluding hydrogens is 304 g/mol. The van der Waals surface area contributed by atoms with E-state index < -0.39 is 10.0 Å². The Kier molecular flexibility index (Phi) is 5.55. The van der Waals surface area contributed by atoms with Gasteiger partial charge in [0.15, 0.2) is 0 Å². The molecule has 6 heteroatoms. The summed E-state index contributed by atoms with van der Waals surface area (Å²) in [6, 6.07) is 9.51. The fourth-order valence-corrected chi connectivity index (χ4v) is 3.55. The quantitative estimate of drug-likeness (QED) is 0.735. The molecule has 0 bridgehead atoms. The third-order valence-electron chi connectivity index (χ3n) is 2.83. The van der Waals surface area contributed by atoms with Gasteiger partial charge in [0.2, 0.25) is 10.0 Å². The SMILES string of the molecule is C=CCNS(=O)(=O)Cc1ccc(NCc2ccsc2)cc1. The number of thiophene rings is 1. The zero-order valence-electron chi connectivity index (χ0n) is 11.6. The number of anilines is 1. The summed E-state index contributed by atoms with van der Waals surface area (Å²) in [4.78, 5) is 0. The van der Waals surface area contributed by atoms with Crippen molar-refractivity contribution in [3.05, 3.63) is 64.9 Å². The van der Waals surface area contributed by atoms with Crippen molar-refractivity contribution in [1.29, 1.82) is 0 Å². The first-order chi connectivity index (χ1) is 10.1. The van der Waals surface area contributed by atoms with Gasteiger partial charge in [-0.1, -0.05) is 18.2 Å². The fourth-order valence-electron chi connectivity index (χ4n) is 1.77. The van der Waals surface area contributed by atoms with Gasteiger partial charge in [-0.25, -0.2) is 13.1 Å². The Morgan fingerprint density at radius 2 is 1.90 bits per heavy atom. The van der Waals surface area contributed by atoms with Crippen LogP contribution in [0.5, 0.6) is 0 Å². The molecule has 0 saturated heterocycles. The van der Waals surface area contributed by atoms with Crippen LogP contribution < -0.4 is 10.0 Å². The predicted octanol–water partition coefficient (Wildman–Crippen LogP) is 2.97. The van der Waals surface area contributed by atoms with Crippen LogP contribution in [-0.2, 0) is 22.3 Å². The van der Waals surface area contributed by atoms with E-state index in [1.54, 1.807) is 11.3 Å². The summed E-state index contributed by atoms with van der Waals surface area (Å²) < 4.78 is 26.0. The predicted molar refractivity (Wildman–Crippen MR) is 88.9 cm³/mol. The second-order valence-electron chi connectivity index (χ2n) is 4.58. The van der Waals surface area contributed by atoms with E-state index in [9.17, 15) is 8.42 Å². The Morgan fingerprint density at radius 3 is 2.52 bits per heavy atom. The van der Waals surface area contributed by atoms with Gasteiger partial charge in [-0.05, 0) is 40.1 Å². The minimum absolute atomic E-state index is 0.0222. The van der Waals surface area contributed by atoms with Crippen LogP contribution >= 0.6 is 11.3 Å². The highest BCUT2D eigenvalue weighted by Crippen LogP contribution is 2.14. The molecule has 0 aliphatic heterocycles. The van der Waals surface area contributed by atoms with Gasteiger partial charge in [-0.2, -0.15) is 11.3 Å². The molecular formula is C15H18N2O2S2. The van der Waals surface area contributed by atoms with Gasteiger partial charge >= 0.3 is 0 Å². The lowest BCUT2D eigenvalue weighted by Crippen LogP contribution is -2.25. The van der Waals surface area contributed by atoms with Crippen LogP contribution in [0.15, 0.2) is 53.7 Å². The van der Waals surface area contributed by atoms with Crippen molar-refractivity contribution in [2.45, 2.75) is 12.3 Å². The van der Waals surface area contributed by atoms with Crippen LogP contribution in [0, 0.1) is 0 Å². The molecule has 1 aromatic carbocycles. The largest absolute Gasteiger partial charge is 0.381 e. The smallest absolute Gasteiger partial charge is 0.216 e. The molecule has 0 atom stereocenters. The normalized spacial score (nSPS) is 11.2. The number of hydrogen-bond acceptors (Lipinski definition) is 4. The molecule has 2 rings (SSSR count). The van der Waals surface area contributed by atoms with Gasteiger partial charge in [-0.15, -0.1) is 6.58 Å². The average Bonchev–Trinajstić information content (AvgIpc) is 2.97. The van der Waals surface area contributed by atoms with Crippen molar-refractivity contribution in [3.63, 3.8) is 0 Å². The second-order valence-corrected chi connectivity index (χ2v) is 7.17. The number of sulfonamides is 1. The summed E-state index contributed by atoms with van der Waals surface area (Å²) in [5.74, 6) is -0.0222. The zero-order chi connectivity index (χ0) is 15.1. The Labute approximate surface area is 129 Å². The highest BCUT2D eigenvalue weighted by atomic mass is 32.2. The number of hydrogen-bond donors (Lipinski definition) is 2. The maximum atomic E-state index is 11.8. The minimum Gasteiger partial charge on any atom is -0.381 e. The van der Waals surface area contributed by atoms with Crippen LogP contribution in [-0.4, -0.2) is 15.0 Å². The lowest BCUT2D eigenvalue weighted by molar-refractivity contribution is 0.585. The molecule has 1 aromatic heterocycles. The van der Waals surface area contributed by atoms with Crippen molar-refractivity contribution >= 4 is 27.0 Å². The lowest BCUT2D eigenvalue weighted by Gasteiger charge is -2.08. The minimum atomic E-state index is -3.30. The van der Waals surface area contributed by atoms with Crippen LogP contribution in [0.2, 0.25) is 0 Å². The maximum Gasteiger partial charge on any atom is 0.216 e. The topological polar surface area (TPSA) is 58.2 Å². The molecule has 0 fully saturated rings. The van der Waals surface area contributed by atoms with Crippen LogP contribution in [0.1, 0.15) is 11.1 Å². The van der Waals surface area contributed by atoms with E-state index in [1.807, 2.05) is 29.6 Å². The van der Waals surface area contributed by atoms with E-state index in [4.69, 9.17) is 0 Å². The zero-order valence-corrected chi connectivity index (χ0v) is 13.2. The second kappa shape index (κ2) is 7.40. The molecule has 2 aromatic rings. The Bertz CT molecular complexity index is 662. The van der Waals surface area contributed by atoms with Crippen molar-refractivity contribution < 1.29 is 8.42 Å². The summed E-state index contributed by atoms with van der Waals surface area (Å²) in [5.41, 5.74) is 2.97. The van der Waals surface area contributed by atoms with E-state index in [2.05, 4.69) is 28.1 Å². The summed E-state index contributed by atoms with van der Waals surface area (Å²) in [6.45, 7) is 4.51. The molecule has 21 heavy (non-hydrogen) atoms. The van der Waals surface area contributed by atoms with Gasteiger partial charge in [0.1, 0.15) is 0 Å². The van der Waals surface area contributed by atoms with E-state index in [0.717, 1.165) is 17.8 Å². The van der Waals surface area contributed by atoms with Crippen LogP contribution in [0.3, 0.4) is 0 Å². The first-order valence-corrected chi connectivity index (χ1v) is 9.11. The highest BCUT2D eigenvalue weighted by molar-refractivity contribution is 7.88. The molecule has 0 unspecified atom stereocenters. The Hall–Kier alpha value is -1.63. The monoisotopic (exact) mass is 322 g/mol. The van der Waals surface area contributed by atoms with Crippen LogP contribution in [0.25, 0.3) is 0 Å². The van der Waals surface area contributed by atoms with E-state index >= 15 is 0 Å². The fraction of sp³-hybridized carbons (Fsp3) is 0.200. The lowest BCUT2D eigenvalue weighted by atomic mass is 10.2. The molecule has 0 radical (unpaired) electrons. The standard InChI is InChI=1S/C15H18N2O2S2/c1-2-8-17-21(18,19)12-13-3-5-15(6-4-13)16-10-14-7-9-20-11-14/h2-7,9,11,16-17H,1,8,10,12H2. The van der Waals surface area contributed by atoms with Gasteiger partial charge in [-0.3, -0.25) is 0 Å². The van der Waals surface area contributed by atoms with E-state index in [0.29, 0.717) is 0 Å². The molecule has 0 aliphatic carbocycles. The van der Waals surface area contributed by atoms with Crippen molar-refractivity contribution in [3.8, 4) is 0 Å². The van der Waals surface area contributed by atoms with Gasteiger partial charge < -0.3 is 5.32 Å². The molecule has 4 nitrogen and oxygen atoms in total. The van der Waals surface area contributed by atoms with Crippen molar-refractivity contribution in [2.75, 3.05) is 11.9 Å². The van der Waals surface area contributed by atoms with Gasteiger partial charge in [0.05, 0.1) is 5.75 Å². The van der Waals surface area contributed by atoms with Crippen molar-refractivity contribution in [2.24, 2.45) is 0 Å². The number of nitrogens with one attached hydrogen (secondary N) is 2. The Balaban J connectivity index is 1.91. The summed E-state index contributed by atoms with van der Waals surface area (Å²) in [5, 5.41) is 7.44. The molecule has 0 aliphatic rings. The molecule has 1 heterocycles. The summed E-state index contributed by atoms with van der Waals surface area (Å²) >= 11 is 1.67. The van der Waals surface area contributed by atoms with Crippen LogP contribution in [0.4, 0.5) is 5.69 Å². The average molecular weight is 322 g/mol. The third kappa shape index (κ3) is 5.34. The van der Waals surface area contributed by atoms with Gasteiger partial charge in [0, 0.05) is 18.8 Å². The first kappa shape index (κ1) is 15.8. The highest BCUT2D eigenvalue weighted by Gasteiger charge is 2.09. The van der Waals surface area contributed by atoms with E-state index in [1.165, 1.54) is 11.6 Å². The molecule has 0 saturated carbocycles. The van der Waals surface area contributed by atoms with Crippen molar-refractivity contribution in [1.82, 2.24) is 4.72 Å². The molecule has 0 spiro atoms.